The second kappa shape index (κ2) is 7.06. The van der Waals surface area contributed by atoms with Crippen LogP contribution in [0.2, 0.25) is 0 Å². The normalized spacial score (nSPS) is 10.5. The number of anilines is 1. The van der Waals surface area contributed by atoms with Crippen LogP contribution >= 0.6 is 31.9 Å². The van der Waals surface area contributed by atoms with Crippen LogP contribution < -0.4 is 4.90 Å². The van der Waals surface area contributed by atoms with Gasteiger partial charge in [0.15, 0.2) is 0 Å². The van der Waals surface area contributed by atoms with E-state index in [2.05, 4.69) is 73.1 Å². The molecule has 0 radical (unpaired) electrons. The maximum absolute atomic E-state index is 4.35. The summed E-state index contributed by atoms with van der Waals surface area (Å²) in [5, 5.41) is 0.867. The quantitative estimate of drug-likeness (QED) is 0.710. The van der Waals surface area contributed by atoms with E-state index in [1.165, 1.54) is 11.3 Å². The minimum atomic E-state index is 0.867. The van der Waals surface area contributed by atoms with Crippen molar-refractivity contribution in [3.05, 3.63) is 58.3 Å². The number of nitrogens with zero attached hydrogens (tertiary/aromatic N) is 2. The van der Waals surface area contributed by atoms with E-state index < -0.39 is 0 Å². The number of halogens is 2. The summed E-state index contributed by atoms with van der Waals surface area (Å²) in [4.78, 5) is 6.59. The van der Waals surface area contributed by atoms with Crippen molar-refractivity contribution >= 4 is 37.5 Å². The lowest BCUT2D eigenvalue weighted by molar-refractivity contribution is 0.852. The maximum Gasteiger partial charge on any atom is 0.0421 e. The van der Waals surface area contributed by atoms with Gasteiger partial charge in [0.2, 0.25) is 0 Å². The lowest BCUT2D eigenvalue weighted by Crippen LogP contribution is -2.20. The average Bonchev–Trinajstić information content (AvgIpc) is 2.45. The van der Waals surface area contributed by atoms with E-state index >= 15 is 0 Å². The van der Waals surface area contributed by atoms with Gasteiger partial charge in [0.1, 0.15) is 0 Å². The van der Waals surface area contributed by atoms with Crippen molar-refractivity contribution in [3.8, 4) is 0 Å². The Hall–Kier alpha value is -0.870. The number of aromatic nitrogens is 1. The average molecular weight is 384 g/mol. The number of rotatable bonds is 5. The molecular formula is C15H16Br2N2. The van der Waals surface area contributed by atoms with Gasteiger partial charge in [0, 0.05) is 47.4 Å². The first-order valence-electron chi connectivity index (χ1n) is 6.16. The third-order valence-electron chi connectivity index (χ3n) is 3.05. The van der Waals surface area contributed by atoms with E-state index in [1.54, 1.807) is 0 Å². The SMILES string of the molecule is CN(CCc1ccccn1)c1ccc(CBr)c(Br)c1. The molecule has 0 N–H and O–H groups in total. The molecule has 100 valence electrons. The van der Waals surface area contributed by atoms with Gasteiger partial charge in [-0.25, -0.2) is 0 Å². The van der Waals surface area contributed by atoms with Gasteiger partial charge in [-0.15, -0.1) is 0 Å². The van der Waals surface area contributed by atoms with E-state index in [0.717, 1.165) is 28.5 Å². The molecule has 1 aromatic carbocycles. The largest absolute Gasteiger partial charge is 0.374 e. The van der Waals surface area contributed by atoms with Crippen LogP contribution in [0.4, 0.5) is 5.69 Å². The summed E-state index contributed by atoms with van der Waals surface area (Å²) in [6, 6.07) is 12.5. The van der Waals surface area contributed by atoms with Crippen LogP contribution in [0.15, 0.2) is 47.1 Å². The summed E-state index contributed by atoms with van der Waals surface area (Å²) in [5.41, 5.74) is 3.61. The van der Waals surface area contributed by atoms with E-state index in [0.29, 0.717) is 0 Å². The second-order valence-corrected chi connectivity index (χ2v) is 5.82. The molecule has 0 aliphatic heterocycles. The first-order valence-corrected chi connectivity index (χ1v) is 8.07. The van der Waals surface area contributed by atoms with Crippen LogP contribution in [0, 0.1) is 0 Å². The highest BCUT2D eigenvalue weighted by Crippen LogP contribution is 2.25. The van der Waals surface area contributed by atoms with Crippen LogP contribution in [0.5, 0.6) is 0 Å². The van der Waals surface area contributed by atoms with Gasteiger partial charge in [0.25, 0.3) is 0 Å². The molecule has 19 heavy (non-hydrogen) atoms. The molecule has 0 fully saturated rings. The molecule has 0 atom stereocenters. The zero-order chi connectivity index (χ0) is 13.7. The van der Waals surface area contributed by atoms with E-state index in [9.17, 15) is 0 Å². The van der Waals surface area contributed by atoms with Gasteiger partial charge >= 0.3 is 0 Å². The summed E-state index contributed by atoms with van der Waals surface area (Å²) in [6.45, 7) is 0.955. The Labute approximate surface area is 131 Å². The standard InChI is InChI=1S/C15H16Br2N2/c1-19(9-7-13-4-2-3-8-18-13)14-6-5-12(11-16)15(17)10-14/h2-6,8,10H,7,9,11H2,1H3. The number of hydrogen-bond acceptors (Lipinski definition) is 2. The Kier molecular flexibility index (Phi) is 5.40. The first-order chi connectivity index (χ1) is 9.20. The third kappa shape index (κ3) is 4.05. The van der Waals surface area contributed by atoms with Crippen LogP contribution in [0.3, 0.4) is 0 Å². The van der Waals surface area contributed by atoms with Crippen LogP contribution in [0.25, 0.3) is 0 Å². The predicted octanol–water partition coefficient (Wildman–Crippen LogP) is 4.42. The first kappa shape index (κ1) is 14.5. The highest BCUT2D eigenvalue weighted by atomic mass is 79.9. The fraction of sp³-hybridized carbons (Fsp3) is 0.267. The van der Waals surface area contributed by atoms with Crippen LogP contribution in [0.1, 0.15) is 11.3 Å². The highest BCUT2D eigenvalue weighted by Gasteiger charge is 2.05. The molecule has 1 heterocycles. The Balaban J connectivity index is 2.00. The van der Waals surface area contributed by atoms with E-state index in [1.807, 2.05) is 18.3 Å². The Morgan fingerprint density at radius 2 is 2.05 bits per heavy atom. The number of hydrogen-bond donors (Lipinski definition) is 0. The molecule has 2 rings (SSSR count). The topological polar surface area (TPSA) is 16.1 Å². The fourth-order valence-corrected chi connectivity index (χ4v) is 3.21. The number of benzene rings is 1. The Morgan fingerprint density at radius 1 is 1.21 bits per heavy atom. The molecule has 0 saturated carbocycles. The van der Waals surface area contributed by atoms with Crippen molar-refractivity contribution in [2.75, 3.05) is 18.5 Å². The van der Waals surface area contributed by atoms with Gasteiger partial charge in [0.05, 0.1) is 0 Å². The monoisotopic (exact) mass is 382 g/mol. The molecule has 0 aliphatic carbocycles. The lowest BCUT2D eigenvalue weighted by atomic mass is 10.2. The van der Waals surface area contributed by atoms with E-state index in [-0.39, 0.29) is 0 Å². The molecular weight excluding hydrogens is 368 g/mol. The summed E-state index contributed by atoms with van der Waals surface area (Å²) in [6.07, 6.45) is 2.80. The number of pyridine rings is 1. The molecule has 2 nitrogen and oxygen atoms in total. The highest BCUT2D eigenvalue weighted by molar-refractivity contribution is 9.10. The fourth-order valence-electron chi connectivity index (χ4n) is 1.84. The van der Waals surface area contributed by atoms with Crippen molar-refractivity contribution in [1.82, 2.24) is 4.98 Å². The van der Waals surface area contributed by atoms with Gasteiger partial charge in [-0.2, -0.15) is 0 Å². The Morgan fingerprint density at radius 3 is 2.68 bits per heavy atom. The molecule has 0 unspecified atom stereocenters. The molecule has 0 spiro atoms. The van der Waals surface area contributed by atoms with Crippen molar-refractivity contribution in [3.63, 3.8) is 0 Å². The minimum Gasteiger partial charge on any atom is -0.374 e. The van der Waals surface area contributed by atoms with Gasteiger partial charge in [-0.3, -0.25) is 4.98 Å². The van der Waals surface area contributed by atoms with Gasteiger partial charge < -0.3 is 4.90 Å². The van der Waals surface area contributed by atoms with Crippen molar-refractivity contribution in [2.24, 2.45) is 0 Å². The van der Waals surface area contributed by atoms with Crippen LogP contribution in [-0.4, -0.2) is 18.6 Å². The second-order valence-electron chi connectivity index (χ2n) is 4.40. The summed E-state index contributed by atoms with van der Waals surface area (Å²) < 4.78 is 1.14. The molecule has 0 aliphatic rings. The van der Waals surface area contributed by atoms with Crippen molar-refractivity contribution in [1.29, 1.82) is 0 Å². The zero-order valence-electron chi connectivity index (χ0n) is 10.8. The van der Waals surface area contributed by atoms with E-state index in [4.69, 9.17) is 0 Å². The Bertz CT molecular complexity index is 529. The molecule has 0 saturated heterocycles. The molecule has 1 aromatic heterocycles. The summed E-state index contributed by atoms with van der Waals surface area (Å²) in [5.74, 6) is 0. The minimum absolute atomic E-state index is 0.867. The van der Waals surface area contributed by atoms with Gasteiger partial charge in [-0.1, -0.05) is 44.0 Å². The smallest absolute Gasteiger partial charge is 0.0421 e. The predicted molar refractivity (Wildman–Crippen MR) is 88.0 cm³/mol. The summed E-state index contributed by atoms with van der Waals surface area (Å²) in [7, 11) is 2.11. The number of alkyl halides is 1. The molecule has 0 amide bonds. The molecule has 2 aromatic rings. The number of likely N-dealkylation sites (N-methyl/N-ethyl adjacent to an activating group) is 1. The molecule has 0 bridgehead atoms. The maximum atomic E-state index is 4.35. The van der Waals surface area contributed by atoms with Crippen LogP contribution in [-0.2, 0) is 11.8 Å². The van der Waals surface area contributed by atoms with Crippen molar-refractivity contribution < 1.29 is 0 Å². The third-order valence-corrected chi connectivity index (χ3v) is 4.39. The molecule has 4 heteroatoms. The summed E-state index contributed by atoms with van der Waals surface area (Å²) >= 11 is 7.08. The lowest BCUT2D eigenvalue weighted by Gasteiger charge is -2.20. The van der Waals surface area contributed by atoms with Crippen molar-refractivity contribution in [2.45, 2.75) is 11.8 Å². The van der Waals surface area contributed by atoms with Gasteiger partial charge in [-0.05, 0) is 29.8 Å². The zero-order valence-corrected chi connectivity index (χ0v) is 14.0.